The Kier molecular flexibility index (Phi) is 2.71. The van der Waals surface area contributed by atoms with Crippen LogP contribution in [0.15, 0.2) is 0 Å². The maximum Gasteiger partial charge on any atom is 0.165 e. The van der Waals surface area contributed by atoms with Gasteiger partial charge < -0.3 is 4.43 Å². The van der Waals surface area contributed by atoms with Gasteiger partial charge in [-0.05, 0) is 92.4 Å². The van der Waals surface area contributed by atoms with Crippen LogP contribution in [0.5, 0.6) is 0 Å². The van der Waals surface area contributed by atoms with E-state index in [4.69, 9.17) is 4.43 Å². The highest BCUT2D eigenvalue weighted by Gasteiger charge is 2.59. The second kappa shape index (κ2) is 4.08. The zero-order chi connectivity index (χ0) is 12.2. The standard InChI is InChI=1S/C16H28OSi/c1-17-18-14(15-6-2-12(10-15)3-7-15)16-8-4-13(11-16)5-9-16/h12-14H,2-11,18H2,1H3. The third-order valence-corrected chi connectivity index (χ3v) is 9.80. The highest BCUT2D eigenvalue weighted by Crippen LogP contribution is 2.70. The molecular formula is C16H28OSi. The van der Waals surface area contributed by atoms with Crippen LogP contribution in [-0.2, 0) is 4.43 Å². The molecule has 0 unspecified atom stereocenters. The molecule has 2 heteroatoms. The van der Waals surface area contributed by atoms with Gasteiger partial charge in [0, 0.05) is 7.11 Å². The Balaban J connectivity index is 1.65. The van der Waals surface area contributed by atoms with Crippen LogP contribution in [0.3, 0.4) is 0 Å². The van der Waals surface area contributed by atoms with Crippen LogP contribution in [0.4, 0.5) is 0 Å². The van der Waals surface area contributed by atoms with Crippen LogP contribution in [0.1, 0.15) is 64.2 Å². The Hall–Kier alpha value is 0.177. The second-order valence-corrected chi connectivity index (χ2v) is 9.75. The lowest BCUT2D eigenvalue weighted by atomic mass is 9.67. The highest BCUT2D eigenvalue weighted by atomic mass is 28.2. The minimum atomic E-state index is -0.305. The van der Waals surface area contributed by atoms with Crippen LogP contribution in [0.2, 0.25) is 5.54 Å². The van der Waals surface area contributed by atoms with Gasteiger partial charge in [-0.15, -0.1) is 0 Å². The molecule has 4 aliphatic rings. The fourth-order valence-corrected chi connectivity index (χ4v) is 8.81. The fraction of sp³-hybridized carbons (Fsp3) is 1.00. The molecule has 0 atom stereocenters. The molecule has 0 saturated heterocycles. The average molecular weight is 264 g/mol. The van der Waals surface area contributed by atoms with E-state index < -0.39 is 0 Å². The van der Waals surface area contributed by atoms with Gasteiger partial charge in [-0.25, -0.2) is 0 Å². The Morgan fingerprint density at radius 2 is 1.33 bits per heavy atom. The van der Waals surface area contributed by atoms with Gasteiger partial charge in [0.2, 0.25) is 0 Å². The van der Waals surface area contributed by atoms with Crippen LogP contribution < -0.4 is 0 Å². The van der Waals surface area contributed by atoms with Crippen LogP contribution >= 0.6 is 0 Å². The van der Waals surface area contributed by atoms with Crippen molar-refractivity contribution in [3.63, 3.8) is 0 Å². The Labute approximate surface area is 114 Å². The van der Waals surface area contributed by atoms with Gasteiger partial charge in [0.25, 0.3) is 0 Å². The van der Waals surface area contributed by atoms with Crippen molar-refractivity contribution in [3.8, 4) is 0 Å². The summed E-state index contributed by atoms with van der Waals surface area (Å²) in [7, 11) is 1.69. The minimum absolute atomic E-state index is 0.305. The first-order chi connectivity index (χ1) is 8.76. The van der Waals surface area contributed by atoms with Gasteiger partial charge in [0.1, 0.15) is 0 Å². The lowest BCUT2D eigenvalue weighted by Crippen LogP contribution is -2.38. The maximum absolute atomic E-state index is 5.86. The van der Waals surface area contributed by atoms with E-state index in [0.717, 1.165) is 28.2 Å². The Bertz CT molecular complexity index is 294. The van der Waals surface area contributed by atoms with Gasteiger partial charge in [-0.1, -0.05) is 0 Å². The zero-order valence-electron chi connectivity index (χ0n) is 11.9. The van der Waals surface area contributed by atoms with Crippen LogP contribution in [-0.4, -0.2) is 16.9 Å². The molecule has 4 aliphatic carbocycles. The summed E-state index contributed by atoms with van der Waals surface area (Å²) in [6.07, 6.45) is 15.6. The zero-order valence-corrected chi connectivity index (χ0v) is 13.3. The molecule has 0 aliphatic heterocycles. The summed E-state index contributed by atoms with van der Waals surface area (Å²) in [5.74, 6) is 2.21. The van der Waals surface area contributed by atoms with E-state index >= 15 is 0 Å². The van der Waals surface area contributed by atoms with Crippen molar-refractivity contribution < 1.29 is 4.43 Å². The summed E-state index contributed by atoms with van der Waals surface area (Å²) in [6.45, 7) is 0. The molecule has 0 amide bonds. The number of hydrogen-bond donors (Lipinski definition) is 0. The summed E-state index contributed by atoms with van der Waals surface area (Å²) in [6, 6.07) is 0. The molecule has 0 aromatic heterocycles. The van der Waals surface area contributed by atoms with Gasteiger partial charge >= 0.3 is 0 Å². The van der Waals surface area contributed by atoms with Gasteiger partial charge in [0.15, 0.2) is 9.76 Å². The molecule has 0 spiro atoms. The first-order valence-electron chi connectivity index (χ1n) is 8.25. The summed E-state index contributed by atoms with van der Waals surface area (Å²) in [4.78, 5) is 0. The molecule has 0 aromatic carbocycles. The van der Waals surface area contributed by atoms with Crippen molar-refractivity contribution in [2.75, 3.05) is 7.11 Å². The minimum Gasteiger partial charge on any atom is -0.427 e. The number of rotatable bonds is 4. The molecule has 4 rings (SSSR count). The van der Waals surface area contributed by atoms with Crippen molar-refractivity contribution >= 4 is 9.76 Å². The summed E-state index contributed by atoms with van der Waals surface area (Å²) >= 11 is 0. The topological polar surface area (TPSA) is 9.23 Å². The number of fused-ring (bicyclic) bond motifs is 4. The predicted octanol–water partition coefficient (Wildman–Crippen LogP) is 3.67. The SMILES string of the molecule is CO[SiH2]C(C12CCC(CC1)C2)C12CCC(CC1)C2. The average Bonchev–Trinajstić information content (AvgIpc) is 3.15. The van der Waals surface area contributed by atoms with Gasteiger partial charge in [-0.2, -0.15) is 0 Å². The van der Waals surface area contributed by atoms with Crippen LogP contribution in [0.25, 0.3) is 0 Å². The molecular weight excluding hydrogens is 236 g/mol. The molecule has 4 bridgehead atoms. The first-order valence-corrected chi connectivity index (χ1v) is 9.65. The summed E-state index contributed by atoms with van der Waals surface area (Å²) < 4.78 is 5.86. The third kappa shape index (κ3) is 1.54. The van der Waals surface area contributed by atoms with Crippen molar-refractivity contribution in [3.05, 3.63) is 0 Å². The van der Waals surface area contributed by atoms with Crippen LogP contribution in [0, 0.1) is 22.7 Å². The summed E-state index contributed by atoms with van der Waals surface area (Å²) in [5, 5.41) is 0. The maximum atomic E-state index is 5.86. The molecule has 0 heterocycles. The quantitative estimate of drug-likeness (QED) is 0.704. The largest absolute Gasteiger partial charge is 0.427 e. The van der Waals surface area contributed by atoms with E-state index in [9.17, 15) is 0 Å². The first kappa shape index (κ1) is 12.0. The lowest BCUT2D eigenvalue weighted by molar-refractivity contribution is 0.127. The van der Waals surface area contributed by atoms with Crippen molar-refractivity contribution in [1.82, 2.24) is 0 Å². The Morgan fingerprint density at radius 1 is 0.889 bits per heavy atom. The summed E-state index contributed by atoms with van der Waals surface area (Å²) in [5.41, 5.74) is 2.58. The normalized spacial score (nSPS) is 51.8. The molecule has 102 valence electrons. The molecule has 0 aromatic rings. The molecule has 4 saturated carbocycles. The van der Waals surface area contributed by atoms with Gasteiger partial charge in [0.05, 0.1) is 0 Å². The van der Waals surface area contributed by atoms with Crippen molar-refractivity contribution in [1.29, 1.82) is 0 Å². The van der Waals surface area contributed by atoms with E-state index in [1.807, 2.05) is 7.11 Å². The van der Waals surface area contributed by atoms with E-state index in [0.29, 0.717) is 0 Å². The Morgan fingerprint density at radius 3 is 1.61 bits per heavy atom. The molecule has 4 fully saturated rings. The highest BCUT2D eigenvalue weighted by molar-refractivity contribution is 6.30. The van der Waals surface area contributed by atoms with Gasteiger partial charge in [-0.3, -0.25) is 0 Å². The lowest BCUT2D eigenvalue weighted by Gasteiger charge is -2.46. The molecule has 18 heavy (non-hydrogen) atoms. The van der Waals surface area contributed by atoms with E-state index in [-0.39, 0.29) is 9.76 Å². The van der Waals surface area contributed by atoms with Crippen molar-refractivity contribution in [2.24, 2.45) is 22.7 Å². The fourth-order valence-electron chi connectivity index (χ4n) is 6.62. The molecule has 0 N–H and O–H groups in total. The van der Waals surface area contributed by atoms with E-state index in [2.05, 4.69) is 0 Å². The molecule has 1 nitrogen and oxygen atoms in total. The second-order valence-electron chi connectivity index (χ2n) is 8.03. The van der Waals surface area contributed by atoms with Crippen molar-refractivity contribution in [2.45, 2.75) is 69.7 Å². The number of hydrogen-bond acceptors (Lipinski definition) is 1. The monoisotopic (exact) mass is 264 g/mol. The predicted molar refractivity (Wildman–Crippen MR) is 77.3 cm³/mol. The van der Waals surface area contributed by atoms with E-state index in [1.54, 1.807) is 64.2 Å². The third-order valence-electron chi connectivity index (χ3n) is 7.40. The smallest absolute Gasteiger partial charge is 0.165 e. The van der Waals surface area contributed by atoms with E-state index in [1.165, 1.54) is 0 Å². The molecule has 0 radical (unpaired) electrons.